The number of fused-ring (bicyclic) bond motifs is 2. The van der Waals surface area contributed by atoms with Crippen LogP contribution in [0.4, 0.5) is 14.6 Å². The van der Waals surface area contributed by atoms with Crippen LogP contribution in [0.5, 0.6) is 5.75 Å². The van der Waals surface area contributed by atoms with E-state index in [0.717, 1.165) is 19.2 Å². The molecule has 3 atom stereocenters. The van der Waals surface area contributed by atoms with Crippen LogP contribution in [-0.4, -0.2) is 57.5 Å². The Morgan fingerprint density at radius 1 is 1.12 bits per heavy atom. The Labute approximate surface area is 188 Å². The zero-order valence-corrected chi connectivity index (χ0v) is 17.8. The third kappa shape index (κ3) is 3.30. The largest absolute Gasteiger partial charge is 0.507 e. The van der Waals surface area contributed by atoms with Crippen LogP contribution in [-0.2, 0) is 0 Å². The van der Waals surface area contributed by atoms with Crippen molar-refractivity contribution in [1.82, 2.24) is 14.9 Å². The van der Waals surface area contributed by atoms with Crippen molar-refractivity contribution in [3.8, 4) is 16.9 Å². The fourth-order valence-electron chi connectivity index (χ4n) is 4.93. The highest BCUT2D eigenvalue weighted by Gasteiger charge is 2.42. The predicted octanol–water partition coefficient (Wildman–Crippen LogP) is 3.81. The first-order valence-corrected chi connectivity index (χ1v) is 10.7. The van der Waals surface area contributed by atoms with Crippen molar-refractivity contribution >= 4 is 28.3 Å². The number of hydrogen-bond donors (Lipinski definition) is 2. The molecule has 32 heavy (non-hydrogen) atoms. The highest BCUT2D eigenvalue weighted by molar-refractivity contribution is 6.34. The van der Waals surface area contributed by atoms with Crippen LogP contribution >= 0.6 is 11.6 Å². The number of phenolic OH excluding ortho intramolecular Hbond substituents is 1. The van der Waals surface area contributed by atoms with Gasteiger partial charge in [0.05, 0.1) is 10.6 Å². The summed E-state index contributed by atoms with van der Waals surface area (Å²) < 4.78 is 30.0. The Balaban J connectivity index is 1.53. The van der Waals surface area contributed by atoms with Crippen molar-refractivity contribution < 1.29 is 19.0 Å². The van der Waals surface area contributed by atoms with Crippen LogP contribution in [0.25, 0.3) is 22.0 Å². The number of anilines is 1. The number of phenols is 1. The molecular formula is C23H21ClF2N4O2. The first-order chi connectivity index (χ1) is 15.4. The highest BCUT2D eigenvalue weighted by Crippen LogP contribution is 2.43. The van der Waals surface area contributed by atoms with Gasteiger partial charge in [0.25, 0.3) is 0 Å². The van der Waals surface area contributed by atoms with Gasteiger partial charge in [-0.25, -0.2) is 18.7 Å². The van der Waals surface area contributed by atoms with Gasteiger partial charge in [0.15, 0.2) is 5.82 Å². The van der Waals surface area contributed by atoms with Crippen LogP contribution < -0.4 is 4.90 Å². The maximum atomic E-state index is 15.5. The van der Waals surface area contributed by atoms with Crippen molar-refractivity contribution in [2.75, 3.05) is 31.1 Å². The summed E-state index contributed by atoms with van der Waals surface area (Å²) in [6.45, 7) is 6.53. The maximum absolute atomic E-state index is 15.5. The molecule has 0 spiro atoms. The first kappa shape index (κ1) is 21.1. The van der Waals surface area contributed by atoms with E-state index in [2.05, 4.69) is 21.4 Å². The Kier molecular flexibility index (Phi) is 5.23. The standard InChI is InChI=1S/C23H21ClF2N4O2/c1-2-18(32)29-7-12-9-30(10-13(12)8-29)23-14-6-15(24)19(21(26)22(14)27-11-28-23)20-16(25)4-3-5-17(20)31/h2-6,11-13,18,31-32H,1,7-10H2. The number of aliphatic hydroxyl groups excluding tert-OH is 1. The van der Waals surface area contributed by atoms with Gasteiger partial charge in [-0.05, 0) is 36.1 Å². The number of benzene rings is 2. The molecule has 0 radical (unpaired) electrons. The number of nitrogens with zero attached hydrogens (tertiary/aromatic N) is 4. The molecule has 3 aromatic rings. The van der Waals surface area contributed by atoms with Gasteiger partial charge in [0, 0.05) is 37.1 Å². The fraction of sp³-hybridized carbons (Fsp3) is 0.304. The monoisotopic (exact) mass is 458 g/mol. The van der Waals surface area contributed by atoms with E-state index in [0.29, 0.717) is 36.1 Å². The molecule has 2 fully saturated rings. The van der Waals surface area contributed by atoms with Gasteiger partial charge in [-0.3, -0.25) is 4.90 Å². The fourth-order valence-corrected chi connectivity index (χ4v) is 5.21. The van der Waals surface area contributed by atoms with Crippen molar-refractivity contribution in [1.29, 1.82) is 0 Å². The van der Waals surface area contributed by atoms with E-state index in [1.54, 1.807) is 0 Å². The van der Waals surface area contributed by atoms with Gasteiger partial charge < -0.3 is 15.1 Å². The Morgan fingerprint density at radius 3 is 2.50 bits per heavy atom. The topological polar surface area (TPSA) is 72.7 Å². The average molecular weight is 459 g/mol. The predicted molar refractivity (Wildman–Crippen MR) is 119 cm³/mol. The van der Waals surface area contributed by atoms with E-state index in [9.17, 15) is 14.6 Å². The number of aromatic nitrogens is 2. The van der Waals surface area contributed by atoms with E-state index in [1.165, 1.54) is 30.6 Å². The number of aromatic hydroxyl groups is 1. The van der Waals surface area contributed by atoms with Gasteiger partial charge in [-0.2, -0.15) is 0 Å². The normalized spacial score (nSPS) is 21.8. The Morgan fingerprint density at radius 2 is 1.84 bits per heavy atom. The van der Waals surface area contributed by atoms with Gasteiger partial charge in [-0.15, -0.1) is 0 Å². The number of aliphatic hydroxyl groups is 1. The molecule has 2 saturated heterocycles. The van der Waals surface area contributed by atoms with Crippen LogP contribution in [0.1, 0.15) is 0 Å². The zero-order chi connectivity index (χ0) is 22.6. The molecule has 9 heteroatoms. The summed E-state index contributed by atoms with van der Waals surface area (Å²) in [5.41, 5.74) is -0.516. The second kappa shape index (κ2) is 7.95. The molecule has 2 aliphatic heterocycles. The zero-order valence-electron chi connectivity index (χ0n) is 17.0. The first-order valence-electron chi connectivity index (χ1n) is 10.3. The van der Waals surface area contributed by atoms with Gasteiger partial charge in [0.2, 0.25) is 0 Å². The number of hydrogen-bond acceptors (Lipinski definition) is 6. The molecule has 3 unspecified atom stereocenters. The maximum Gasteiger partial charge on any atom is 0.159 e. The van der Waals surface area contributed by atoms with Crippen molar-refractivity contribution in [3.63, 3.8) is 0 Å². The minimum Gasteiger partial charge on any atom is -0.507 e. The lowest BCUT2D eigenvalue weighted by molar-refractivity contribution is 0.0560. The molecule has 0 saturated carbocycles. The van der Waals surface area contributed by atoms with E-state index < -0.39 is 23.6 Å². The summed E-state index contributed by atoms with van der Waals surface area (Å²) in [6.07, 6.45) is 2.14. The van der Waals surface area contributed by atoms with E-state index >= 15 is 4.39 Å². The molecule has 2 N–H and O–H groups in total. The summed E-state index contributed by atoms with van der Waals surface area (Å²) in [4.78, 5) is 12.5. The van der Waals surface area contributed by atoms with E-state index in [-0.39, 0.29) is 21.7 Å². The van der Waals surface area contributed by atoms with Gasteiger partial charge >= 0.3 is 0 Å². The van der Waals surface area contributed by atoms with Crippen LogP contribution in [0, 0.1) is 23.5 Å². The third-order valence-corrected chi connectivity index (χ3v) is 6.74. The van der Waals surface area contributed by atoms with Crippen LogP contribution in [0.3, 0.4) is 0 Å². The van der Waals surface area contributed by atoms with Crippen LogP contribution in [0.15, 0.2) is 43.2 Å². The average Bonchev–Trinajstić information content (AvgIpc) is 3.34. The van der Waals surface area contributed by atoms with E-state index in [1.807, 2.05) is 4.90 Å². The SMILES string of the molecule is C=CC(O)N1CC2CN(c3ncnc4c(F)c(-c5c(O)cccc5F)c(Cl)cc34)CC2C1. The van der Waals surface area contributed by atoms with Gasteiger partial charge in [0.1, 0.15) is 35.5 Å². The number of likely N-dealkylation sites (tertiary alicyclic amines) is 1. The minimum absolute atomic E-state index is 0.0119. The molecule has 5 rings (SSSR count). The molecule has 0 amide bonds. The molecular weight excluding hydrogens is 438 g/mol. The number of halogens is 3. The second-order valence-electron chi connectivity index (χ2n) is 8.30. The lowest BCUT2D eigenvalue weighted by Crippen LogP contribution is -2.35. The Bertz CT molecular complexity index is 1190. The lowest BCUT2D eigenvalue weighted by atomic mass is 10.0. The molecule has 0 bridgehead atoms. The quantitative estimate of drug-likeness (QED) is 0.579. The van der Waals surface area contributed by atoms with Crippen LogP contribution in [0.2, 0.25) is 5.02 Å². The van der Waals surface area contributed by atoms with Gasteiger partial charge in [-0.1, -0.05) is 24.2 Å². The molecule has 6 nitrogen and oxygen atoms in total. The minimum atomic E-state index is -0.809. The second-order valence-corrected chi connectivity index (χ2v) is 8.71. The van der Waals surface area contributed by atoms with Crippen molar-refractivity contribution in [2.24, 2.45) is 11.8 Å². The smallest absolute Gasteiger partial charge is 0.159 e. The molecule has 2 aromatic carbocycles. The van der Waals surface area contributed by atoms with Crippen molar-refractivity contribution in [2.45, 2.75) is 6.23 Å². The molecule has 0 aliphatic carbocycles. The Hall–Kier alpha value is -2.81. The summed E-state index contributed by atoms with van der Waals surface area (Å²) in [7, 11) is 0. The molecule has 2 aliphatic rings. The van der Waals surface area contributed by atoms with E-state index in [4.69, 9.17) is 11.6 Å². The number of rotatable bonds is 4. The summed E-state index contributed by atoms with van der Waals surface area (Å²) in [6, 6.07) is 5.27. The summed E-state index contributed by atoms with van der Waals surface area (Å²) in [5.74, 6) is -0.758. The summed E-state index contributed by atoms with van der Waals surface area (Å²) >= 11 is 6.40. The van der Waals surface area contributed by atoms with Crippen molar-refractivity contribution in [3.05, 3.63) is 59.9 Å². The molecule has 1 aromatic heterocycles. The highest BCUT2D eigenvalue weighted by atomic mass is 35.5. The lowest BCUT2D eigenvalue weighted by Gasteiger charge is -2.25. The third-order valence-electron chi connectivity index (χ3n) is 6.44. The molecule has 3 heterocycles. The summed E-state index contributed by atoms with van der Waals surface area (Å²) in [5, 5.41) is 20.6. The molecule has 166 valence electrons.